The molecule has 0 radical (unpaired) electrons. The Kier molecular flexibility index (Phi) is 2.66. The normalized spacial score (nSPS) is 14.7. The molecule has 18 heavy (non-hydrogen) atoms. The standard InChI is InChI=1S/C13H14N2O3/c1-2-17-13(16)10-7-8-3-6-11(15-12(8)14-10)18-9-4-5-9/h3,6-7,9H,2,4-5H2,1H3,(H,14,15). The van der Waals surface area contributed by atoms with Gasteiger partial charge in [0.1, 0.15) is 17.4 Å². The van der Waals surface area contributed by atoms with E-state index < -0.39 is 0 Å². The van der Waals surface area contributed by atoms with Gasteiger partial charge in [-0.2, -0.15) is 4.98 Å². The van der Waals surface area contributed by atoms with E-state index in [2.05, 4.69) is 9.97 Å². The predicted molar refractivity (Wildman–Crippen MR) is 65.7 cm³/mol. The van der Waals surface area contributed by atoms with Crippen molar-refractivity contribution in [2.75, 3.05) is 6.61 Å². The molecule has 0 aliphatic heterocycles. The second-order valence-electron chi connectivity index (χ2n) is 4.31. The Bertz CT molecular complexity index is 587. The number of esters is 1. The van der Waals surface area contributed by atoms with Gasteiger partial charge in [0.15, 0.2) is 0 Å². The van der Waals surface area contributed by atoms with Gasteiger partial charge in [0, 0.05) is 11.5 Å². The fraction of sp³-hybridized carbons (Fsp3) is 0.385. The van der Waals surface area contributed by atoms with Crippen LogP contribution in [0.2, 0.25) is 0 Å². The monoisotopic (exact) mass is 246 g/mol. The van der Waals surface area contributed by atoms with Gasteiger partial charge in [-0.1, -0.05) is 0 Å². The third kappa shape index (κ3) is 2.16. The molecule has 5 heteroatoms. The lowest BCUT2D eigenvalue weighted by Crippen LogP contribution is -2.04. The summed E-state index contributed by atoms with van der Waals surface area (Å²) in [6, 6.07) is 5.45. The van der Waals surface area contributed by atoms with Gasteiger partial charge in [-0.3, -0.25) is 0 Å². The van der Waals surface area contributed by atoms with Crippen molar-refractivity contribution in [2.24, 2.45) is 0 Å². The van der Waals surface area contributed by atoms with Crippen molar-refractivity contribution in [3.63, 3.8) is 0 Å². The molecule has 1 saturated carbocycles. The van der Waals surface area contributed by atoms with Crippen LogP contribution in [0.5, 0.6) is 5.88 Å². The average molecular weight is 246 g/mol. The predicted octanol–water partition coefficient (Wildman–Crippen LogP) is 2.28. The molecule has 0 saturated heterocycles. The van der Waals surface area contributed by atoms with E-state index in [9.17, 15) is 4.79 Å². The lowest BCUT2D eigenvalue weighted by molar-refractivity contribution is 0.0520. The molecule has 0 aromatic carbocycles. The maximum atomic E-state index is 11.6. The highest BCUT2D eigenvalue weighted by Gasteiger charge is 2.24. The summed E-state index contributed by atoms with van der Waals surface area (Å²) in [6.07, 6.45) is 2.51. The maximum absolute atomic E-state index is 11.6. The van der Waals surface area contributed by atoms with Gasteiger partial charge in [0.25, 0.3) is 0 Å². The van der Waals surface area contributed by atoms with Crippen LogP contribution in [0.4, 0.5) is 0 Å². The van der Waals surface area contributed by atoms with Crippen molar-refractivity contribution in [2.45, 2.75) is 25.9 Å². The fourth-order valence-corrected chi connectivity index (χ4v) is 1.73. The van der Waals surface area contributed by atoms with Crippen molar-refractivity contribution in [1.29, 1.82) is 0 Å². The number of aromatic amines is 1. The molecule has 1 aliphatic carbocycles. The number of hydrogen-bond acceptors (Lipinski definition) is 4. The minimum absolute atomic E-state index is 0.314. The third-order valence-corrected chi connectivity index (χ3v) is 2.76. The number of nitrogens with zero attached hydrogens (tertiary/aromatic N) is 1. The van der Waals surface area contributed by atoms with E-state index >= 15 is 0 Å². The van der Waals surface area contributed by atoms with Gasteiger partial charge in [-0.15, -0.1) is 0 Å². The first-order valence-corrected chi connectivity index (χ1v) is 6.10. The topological polar surface area (TPSA) is 64.2 Å². The van der Waals surface area contributed by atoms with Crippen molar-refractivity contribution < 1.29 is 14.3 Å². The zero-order chi connectivity index (χ0) is 12.5. The van der Waals surface area contributed by atoms with E-state index in [0.29, 0.717) is 29.9 Å². The van der Waals surface area contributed by atoms with Crippen LogP contribution in [-0.2, 0) is 4.74 Å². The summed E-state index contributed by atoms with van der Waals surface area (Å²) >= 11 is 0. The number of hydrogen-bond donors (Lipinski definition) is 1. The van der Waals surface area contributed by atoms with E-state index in [1.165, 1.54) is 0 Å². The first kappa shape index (κ1) is 11.1. The number of carbonyl (C=O) groups is 1. The lowest BCUT2D eigenvalue weighted by atomic mass is 10.3. The molecule has 94 valence electrons. The number of nitrogens with one attached hydrogen (secondary N) is 1. The Balaban J connectivity index is 1.88. The van der Waals surface area contributed by atoms with E-state index in [4.69, 9.17) is 9.47 Å². The first-order valence-electron chi connectivity index (χ1n) is 6.10. The third-order valence-electron chi connectivity index (χ3n) is 2.76. The van der Waals surface area contributed by atoms with E-state index in [1.54, 1.807) is 13.0 Å². The number of fused-ring (bicyclic) bond motifs is 1. The van der Waals surface area contributed by atoms with Gasteiger partial charge in [-0.05, 0) is 31.9 Å². The molecule has 2 aromatic heterocycles. The van der Waals surface area contributed by atoms with Crippen molar-refractivity contribution in [3.8, 4) is 5.88 Å². The minimum Gasteiger partial charge on any atom is -0.474 e. The van der Waals surface area contributed by atoms with Gasteiger partial charge in [0.05, 0.1) is 6.61 Å². The molecule has 0 amide bonds. The largest absolute Gasteiger partial charge is 0.474 e. The molecule has 0 unspecified atom stereocenters. The van der Waals surface area contributed by atoms with Crippen molar-refractivity contribution >= 4 is 17.0 Å². The molecule has 3 rings (SSSR count). The number of H-pyrrole nitrogens is 1. The second kappa shape index (κ2) is 4.33. The summed E-state index contributed by atoms with van der Waals surface area (Å²) in [5, 5.41) is 0.876. The molecule has 1 N–H and O–H groups in total. The number of rotatable bonds is 4. The highest BCUT2D eigenvalue weighted by atomic mass is 16.5. The molecular weight excluding hydrogens is 232 g/mol. The lowest BCUT2D eigenvalue weighted by Gasteiger charge is -2.01. The quantitative estimate of drug-likeness (QED) is 0.840. The summed E-state index contributed by atoms with van der Waals surface area (Å²) in [6.45, 7) is 2.14. The van der Waals surface area contributed by atoms with E-state index in [0.717, 1.165) is 18.2 Å². The number of pyridine rings is 1. The first-order chi connectivity index (χ1) is 8.76. The highest BCUT2D eigenvalue weighted by Crippen LogP contribution is 2.26. The Morgan fingerprint density at radius 2 is 2.33 bits per heavy atom. The van der Waals surface area contributed by atoms with Crippen LogP contribution in [-0.4, -0.2) is 28.6 Å². The second-order valence-corrected chi connectivity index (χ2v) is 4.31. The summed E-state index contributed by atoms with van der Waals surface area (Å²) in [4.78, 5) is 18.9. The Hall–Kier alpha value is -2.04. The van der Waals surface area contributed by atoms with Crippen LogP contribution in [0.1, 0.15) is 30.3 Å². The maximum Gasteiger partial charge on any atom is 0.354 e. The van der Waals surface area contributed by atoms with Crippen LogP contribution in [0.15, 0.2) is 18.2 Å². The minimum atomic E-state index is -0.361. The van der Waals surface area contributed by atoms with Crippen LogP contribution in [0.25, 0.3) is 11.0 Å². The molecule has 1 fully saturated rings. The summed E-state index contributed by atoms with van der Waals surface area (Å²) in [5.41, 5.74) is 1.07. The van der Waals surface area contributed by atoms with Crippen LogP contribution in [0.3, 0.4) is 0 Å². The van der Waals surface area contributed by atoms with Crippen LogP contribution >= 0.6 is 0 Å². The van der Waals surface area contributed by atoms with Gasteiger partial charge in [0.2, 0.25) is 5.88 Å². The van der Waals surface area contributed by atoms with Crippen LogP contribution < -0.4 is 4.74 Å². The molecule has 0 atom stereocenters. The zero-order valence-corrected chi connectivity index (χ0v) is 10.1. The molecular formula is C13H14N2O3. The van der Waals surface area contributed by atoms with Gasteiger partial charge in [-0.25, -0.2) is 4.79 Å². The zero-order valence-electron chi connectivity index (χ0n) is 10.1. The number of carbonyl (C=O) groups excluding carboxylic acids is 1. The molecule has 1 aliphatic rings. The van der Waals surface area contributed by atoms with Crippen LogP contribution in [0, 0.1) is 0 Å². The fourth-order valence-electron chi connectivity index (χ4n) is 1.73. The molecule has 5 nitrogen and oxygen atoms in total. The molecule has 0 bridgehead atoms. The molecule has 2 heterocycles. The van der Waals surface area contributed by atoms with E-state index in [-0.39, 0.29) is 5.97 Å². The Morgan fingerprint density at radius 1 is 1.50 bits per heavy atom. The number of aromatic nitrogens is 2. The van der Waals surface area contributed by atoms with Gasteiger partial charge >= 0.3 is 5.97 Å². The Labute approximate surface area is 104 Å². The summed E-state index contributed by atoms with van der Waals surface area (Å²) < 4.78 is 10.5. The summed E-state index contributed by atoms with van der Waals surface area (Å²) in [5.74, 6) is 0.238. The summed E-state index contributed by atoms with van der Waals surface area (Å²) in [7, 11) is 0. The molecule has 2 aromatic rings. The number of ether oxygens (including phenoxy) is 2. The SMILES string of the molecule is CCOC(=O)c1cc2ccc(OC3CC3)nc2[nH]1. The van der Waals surface area contributed by atoms with Gasteiger partial charge < -0.3 is 14.5 Å². The van der Waals surface area contributed by atoms with Crippen molar-refractivity contribution in [3.05, 3.63) is 23.9 Å². The highest BCUT2D eigenvalue weighted by molar-refractivity contribution is 5.93. The Morgan fingerprint density at radius 3 is 3.06 bits per heavy atom. The van der Waals surface area contributed by atoms with Crippen molar-refractivity contribution in [1.82, 2.24) is 9.97 Å². The van der Waals surface area contributed by atoms with E-state index in [1.807, 2.05) is 12.1 Å². The molecule has 0 spiro atoms. The average Bonchev–Trinajstić information content (AvgIpc) is 3.06. The smallest absolute Gasteiger partial charge is 0.354 e.